The third-order valence-electron chi connectivity index (χ3n) is 6.58. The highest BCUT2D eigenvalue weighted by atomic mass is 16.5. The van der Waals surface area contributed by atoms with E-state index in [1.54, 1.807) is 17.2 Å². The van der Waals surface area contributed by atoms with Crippen molar-refractivity contribution in [3.05, 3.63) is 83.8 Å². The highest BCUT2D eigenvalue weighted by molar-refractivity contribution is 5.92. The van der Waals surface area contributed by atoms with Crippen LogP contribution in [-0.2, 0) is 22.7 Å². The van der Waals surface area contributed by atoms with Gasteiger partial charge in [-0.3, -0.25) is 9.59 Å². The van der Waals surface area contributed by atoms with E-state index in [-0.39, 0.29) is 24.3 Å². The summed E-state index contributed by atoms with van der Waals surface area (Å²) in [4.78, 5) is 31.5. The van der Waals surface area contributed by atoms with Gasteiger partial charge >= 0.3 is 0 Å². The van der Waals surface area contributed by atoms with Crippen LogP contribution in [0.4, 0.5) is 5.69 Å². The van der Waals surface area contributed by atoms with E-state index in [0.717, 1.165) is 24.3 Å². The Hall–Kier alpha value is -3.74. The van der Waals surface area contributed by atoms with Gasteiger partial charge in [0.25, 0.3) is 5.91 Å². The van der Waals surface area contributed by atoms with Gasteiger partial charge in [-0.2, -0.15) is 0 Å². The van der Waals surface area contributed by atoms with Gasteiger partial charge in [-0.15, -0.1) is 0 Å². The second kappa shape index (κ2) is 11.3. The van der Waals surface area contributed by atoms with E-state index >= 15 is 0 Å². The van der Waals surface area contributed by atoms with Crippen molar-refractivity contribution in [2.45, 2.75) is 52.9 Å². The zero-order valence-corrected chi connectivity index (χ0v) is 21.4. The molecule has 7 nitrogen and oxygen atoms in total. The highest BCUT2D eigenvalue weighted by Crippen LogP contribution is 2.39. The van der Waals surface area contributed by atoms with E-state index in [2.05, 4.69) is 24.1 Å². The summed E-state index contributed by atoms with van der Waals surface area (Å²) in [6.07, 6.45) is 0.848. The Morgan fingerprint density at radius 3 is 2.44 bits per heavy atom. The van der Waals surface area contributed by atoms with E-state index in [9.17, 15) is 9.59 Å². The van der Waals surface area contributed by atoms with Crippen LogP contribution in [-0.4, -0.2) is 35.9 Å². The first-order valence-electron chi connectivity index (χ1n) is 12.6. The van der Waals surface area contributed by atoms with E-state index in [1.165, 1.54) is 0 Å². The van der Waals surface area contributed by atoms with Gasteiger partial charge < -0.3 is 24.3 Å². The van der Waals surface area contributed by atoms with Crippen molar-refractivity contribution in [3.63, 3.8) is 0 Å². The lowest BCUT2D eigenvalue weighted by Crippen LogP contribution is -2.47. The number of carbonyl (C=O) groups is 2. The fraction of sp³-hybridized carbons (Fsp3) is 0.379. The number of furan rings is 1. The molecular weight excluding hydrogens is 454 g/mol. The molecule has 0 fully saturated rings. The lowest BCUT2D eigenvalue weighted by molar-refractivity contribution is -0.147. The molecule has 2 heterocycles. The smallest absolute Gasteiger partial charge is 0.265 e. The number of hydrogen-bond donors (Lipinski definition) is 1. The van der Waals surface area contributed by atoms with Crippen molar-refractivity contribution in [1.82, 2.24) is 10.2 Å². The summed E-state index contributed by atoms with van der Waals surface area (Å²) in [5.41, 5.74) is 2.65. The van der Waals surface area contributed by atoms with Crippen molar-refractivity contribution < 1.29 is 18.7 Å². The van der Waals surface area contributed by atoms with Crippen LogP contribution in [0.2, 0.25) is 0 Å². The largest absolute Gasteiger partial charge is 0.480 e. The Balaban J connectivity index is 1.77. The molecule has 4 rings (SSSR count). The molecule has 1 aliphatic heterocycles. The molecule has 3 aromatic rings. The Labute approximate surface area is 213 Å². The summed E-state index contributed by atoms with van der Waals surface area (Å²) in [6, 6.07) is 18.3. The maximum Gasteiger partial charge on any atom is 0.265 e. The number of nitrogens with zero attached hydrogens (tertiary/aromatic N) is 2. The molecule has 0 aliphatic carbocycles. The van der Waals surface area contributed by atoms with E-state index in [4.69, 9.17) is 9.15 Å². The first kappa shape index (κ1) is 25.4. The Kier molecular flexibility index (Phi) is 7.98. The minimum absolute atomic E-state index is 0.0901. The molecule has 36 heavy (non-hydrogen) atoms. The SMILES string of the molecule is CCN(CC)c1ccc2c(c1)OC(C(C)C)C(=O)N(Cc1ccco1)C2C(=O)NCc1ccccc1. The van der Waals surface area contributed by atoms with Crippen molar-refractivity contribution in [3.8, 4) is 5.75 Å². The molecule has 190 valence electrons. The summed E-state index contributed by atoms with van der Waals surface area (Å²) in [5, 5.41) is 3.04. The van der Waals surface area contributed by atoms with Crippen LogP contribution >= 0.6 is 0 Å². The van der Waals surface area contributed by atoms with Crippen LogP contribution in [0.15, 0.2) is 71.3 Å². The molecular formula is C29H35N3O4. The molecule has 2 amide bonds. The van der Waals surface area contributed by atoms with Crippen LogP contribution in [0, 0.1) is 5.92 Å². The van der Waals surface area contributed by atoms with Gasteiger partial charge in [-0.25, -0.2) is 0 Å². The molecule has 1 N–H and O–H groups in total. The molecule has 0 saturated heterocycles. The van der Waals surface area contributed by atoms with Crippen LogP contribution < -0.4 is 15.0 Å². The molecule has 1 aromatic heterocycles. The Morgan fingerprint density at radius 1 is 1.06 bits per heavy atom. The second-order valence-corrected chi connectivity index (χ2v) is 9.33. The van der Waals surface area contributed by atoms with Crippen LogP contribution in [0.25, 0.3) is 0 Å². The predicted octanol–water partition coefficient (Wildman–Crippen LogP) is 4.93. The van der Waals surface area contributed by atoms with Gasteiger partial charge in [-0.05, 0) is 43.5 Å². The van der Waals surface area contributed by atoms with Crippen molar-refractivity contribution in [2.24, 2.45) is 5.92 Å². The van der Waals surface area contributed by atoms with Gasteiger partial charge in [0.15, 0.2) is 6.10 Å². The lowest BCUT2D eigenvalue weighted by Gasteiger charge is -2.30. The molecule has 0 saturated carbocycles. The maximum atomic E-state index is 13.9. The van der Waals surface area contributed by atoms with Gasteiger partial charge in [-0.1, -0.05) is 50.2 Å². The van der Waals surface area contributed by atoms with Crippen molar-refractivity contribution in [2.75, 3.05) is 18.0 Å². The summed E-state index contributed by atoms with van der Waals surface area (Å²) < 4.78 is 11.9. The molecule has 2 unspecified atom stereocenters. The zero-order valence-electron chi connectivity index (χ0n) is 21.4. The molecule has 7 heteroatoms. The fourth-order valence-corrected chi connectivity index (χ4v) is 4.61. The average molecular weight is 490 g/mol. The number of hydrogen-bond acceptors (Lipinski definition) is 5. The van der Waals surface area contributed by atoms with Crippen LogP contribution in [0.3, 0.4) is 0 Å². The average Bonchev–Trinajstić information content (AvgIpc) is 3.36. The molecule has 0 spiro atoms. The third kappa shape index (κ3) is 5.40. The van der Waals surface area contributed by atoms with Gasteiger partial charge in [0.1, 0.15) is 17.6 Å². The Morgan fingerprint density at radius 2 is 1.81 bits per heavy atom. The van der Waals surface area contributed by atoms with E-state index < -0.39 is 12.1 Å². The van der Waals surface area contributed by atoms with E-state index in [0.29, 0.717) is 23.6 Å². The highest BCUT2D eigenvalue weighted by Gasteiger charge is 2.42. The first-order chi connectivity index (χ1) is 17.4. The van der Waals surface area contributed by atoms with Crippen LogP contribution in [0.1, 0.15) is 50.6 Å². The molecule has 2 atom stereocenters. The number of nitrogens with one attached hydrogen (secondary N) is 1. The number of anilines is 1. The zero-order chi connectivity index (χ0) is 25.7. The summed E-state index contributed by atoms with van der Waals surface area (Å²) in [5.74, 6) is 0.585. The molecule has 1 aliphatic rings. The number of rotatable bonds is 9. The summed E-state index contributed by atoms with van der Waals surface area (Å²) in [7, 11) is 0. The minimum atomic E-state index is -0.865. The van der Waals surface area contributed by atoms with Gasteiger partial charge in [0, 0.05) is 37.0 Å². The molecule has 2 aromatic carbocycles. The molecule has 0 radical (unpaired) electrons. The fourth-order valence-electron chi connectivity index (χ4n) is 4.61. The van der Waals surface area contributed by atoms with E-state index in [1.807, 2.05) is 68.4 Å². The lowest BCUT2D eigenvalue weighted by atomic mass is 10.0. The number of ether oxygens (including phenoxy) is 1. The normalized spacial score (nSPS) is 17.4. The predicted molar refractivity (Wildman–Crippen MR) is 140 cm³/mol. The van der Waals surface area contributed by atoms with Crippen molar-refractivity contribution in [1.29, 1.82) is 0 Å². The monoisotopic (exact) mass is 489 g/mol. The van der Waals surface area contributed by atoms with Crippen LogP contribution in [0.5, 0.6) is 5.75 Å². The molecule has 0 bridgehead atoms. The first-order valence-corrected chi connectivity index (χ1v) is 12.6. The second-order valence-electron chi connectivity index (χ2n) is 9.33. The summed E-state index contributed by atoms with van der Waals surface area (Å²) >= 11 is 0. The minimum Gasteiger partial charge on any atom is -0.480 e. The topological polar surface area (TPSA) is 75.0 Å². The maximum absolute atomic E-state index is 13.9. The number of benzene rings is 2. The van der Waals surface area contributed by atoms with Crippen molar-refractivity contribution >= 4 is 17.5 Å². The standard InChI is InChI=1S/C29H35N3O4/c1-5-31(6-2)22-14-15-24-25(17-22)36-27(20(3)4)29(34)32(19-23-13-10-16-35-23)26(24)28(33)30-18-21-11-8-7-9-12-21/h7-17,20,26-27H,5-6,18-19H2,1-4H3,(H,30,33). The quantitative estimate of drug-likeness (QED) is 0.461. The number of carbonyl (C=O) groups excluding carboxylic acids is 2. The van der Waals surface area contributed by atoms with Gasteiger partial charge in [0.05, 0.1) is 12.8 Å². The summed E-state index contributed by atoms with van der Waals surface area (Å²) in [6.45, 7) is 10.3. The third-order valence-corrected chi connectivity index (χ3v) is 6.58. The van der Waals surface area contributed by atoms with Gasteiger partial charge in [0.2, 0.25) is 5.91 Å². The number of fused-ring (bicyclic) bond motifs is 1. The Bertz CT molecular complexity index is 1160. The number of amides is 2.